The fraction of sp³-hybridized carbons (Fsp3) is 0.227. The first-order chi connectivity index (χ1) is 14.0. The molecule has 146 valence electrons. The molecule has 1 aliphatic heterocycles. The molecule has 1 aromatic carbocycles. The number of aromatic nitrogens is 3. The van der Waals surface area contributed by atoms with E-state index in [1.807, 2.05) is 37.2 Å². The summed E-state index contributed by atoms with van der Waals surface area (Å²) in [5, 5.41) is 0. The molecule has 0 atom stereocenters. The fourth-order valence-electron chi connectivity index (χ4n) is 3.44. The van der Waals surface area contributed by atoms with Crippen molar-refractivity contribution in [1.29, 1.82) is 0 Å². The second-order valence-corrected chi connectivity index (χ2v) is 7.10. The van der Waals surface area contributed by atoms with E-state index < -0.39 is 11.7 Å². The summed E-state index contributed by atoms with van der Waals surface area (Å²) in [4.78, 5) is 42.4. The Kier molecular flexibility index (Phi) is 5.03. The minimum absolute atomic E-state index is 0.286. The Morgan fingerprint density at radius 2 is 1.72 bits per heavy atom. The first-order valence-electron chi connectivity index (χ1n) is 9.40. The summed E-state index contributed by atoms with van der Waals surface area (Å²) in [6.45, 7) is 0.747. The third-order valence-electron chi connectivity index (χ3n) is 4.92. The van der Waals surface area contributed by atoms with Crippen molar-refractivity contribution >= 4 is 17.5 Å². The van der Waals surface area contributed by atoms with Crippen LogP contribution >= 0.6 is 0 Å². The molecule has 1 aliphatic rings. The highest BCUT2D eigenvalue weighted by atomic mass is 16.2. The zero-order valence-electron chi connectivity index (χ0n) is 16.4. The first-order valence-corrected chi connectivity index (χ1v) is 9.40. The Bertz CT molecular complexity index is 1050. The average Bonchev–Trinajstić information content (AvgIpc) is 2.78. The lowest BCUT2D eigenvalue weighted by Crippen LogP contribution is -2.41. The molecule has 0 unspecified atom stereocenters. The van der Waals surface area contributed by atoms with Gasteiger partial charge in [-0.1, -0.05) is 30.3 Å². The number of ketones is 1. The van der Waals surface area contributed by atoms with Crippen LogP contribution in [0.3, 0.4) is 0 Å². The van der Waals surface area contributed by atoms with Crippen LogP contribution in [0.4, 0.5) is 5.82 Å². The Morgan fingerprint density at radius 1 is 1.00 bits per heavy atom. The van der Waals surface area contributed by atoms with Crippen LogP contribution in [0.5, 0.6) is 0 Å². The van der Waals surface area contributed by atoms with Crippen LogP contribution in [0, 0.1) is 0 Å². The highest BCUT2D eigenvalue weighted by molar-refractivity contribution is 6.42. The fourth-order valence-corrected chi connectivity index (χ4v) is 3.44. The van der Waals surface area contributed by atoms with E-state index in [1.54, 1.807) is 41.6 Å². The molecule has 0 radical (unpaired) electrons. The van der Waals surface area contributed by atoms with Crippen LogP contribution in [0.1, 0.15) is 21.6 Å². The maximum absolute atomic E-state index is 12.8. The van der Waals surface area contributed by atoms with E-state index >= 15 is 0 Å². The number of fused-ring (bicyclic) bond motifs is 1. The minimum Gasteiger partial charge on any atom is -0.362 e. The molecular formula is C22H21N5O2. The zero-order chi connectivity index (χ0) is 20.4. The van der Waals surface area contributed by atoms with Gasteiger partial charge in [0.2, 0.25) is 5.78 Å². The van der Waals surface area contributed by atoms with Crippen molar-refractivity contribution in [3.8, 4) is 11.4 Å². The summed E-state index contributed by atoms with van der Waals surface area (Å²) in [6, 6.07) is 12.3. The van der Waals surface area contributed by atoms with Crippen LogP contribution in [-0.4, -0.2) is 52.2 Å². The van der Waals surface area contributed by atoms with E-state index in [2.05, 4.69) is 4.98 Å². The summed E-state index contributed by atoms with van der Waals surface area (Å²) in [5.41, 5.74) is 3.05. The summed E-state index contributed by atoms with van der Waals surface area (Å²) in [6.07, 6.45) is 4.00. The molecular weight excluding hydrogens is 366 g/mol. The van der Waals surface area contributed by atoms with Crippen molar-refractivity contribution in [3.63, 3.8) is 0 Å². The van der Waals surface area contributed by atoms with Crippen LogP contribution in [0.2, 0.25) is 0 Å². The molecule has 4 rings (SSSR count). The Labute approximate surface area is 169 Å². The van der Waals surface area contributed by atoms with Crippen molar-refractivity contribution in [2.24, 2.45) is 0 Å². The van der Waals surface area contributed by atoms with Gasteiger partial charge in [0.15, 0.2) is 5.82 Å². The Hall–Kier alpha value is -3.61. The number of rotatable bonds is 4. The van der Waals surface area contributed by atoms with Gasteiger partial charge in [-0.3, -0.25) is 14.6 Å². The van der Waals surface area contributed by atoms with Gasteiger partial charge >= 0.3 is 0 Å². The maximum Gasteiger partial charge on any atom is 0.295 e. The molecule has 29 heavy (non-hydrogen) atoms. The highest BCUT2D eigenvalue weighted by Gasteiger charge is 2.29. The number of carbonyl (C=O) groups excluding carboxylic acids is 2. The molecule has 2 aromatic heterocycles. The van der Waals surface area contributed by atoms with Crippen LogP contribution in [-0.2, 0) is 17.8 Å². The number of benzene rings is 1. The first kappa shape index (κ1) is 18.7. The summed E-state index contributed by atoms with van der Waals surface area (Å²) in [7, 11) is 3.88. The zero-order valence-corrected chi connectivity index (χ0v) is 16.4. The molecule has 7 heteroatoms. The van der Waals surface area contributed by atoms with Gasteiger partial charge in [-0.2, -0.15) is 0 Å². The maximum atomic E-state index is 12.8. The molecule has 0 fully saturated rings. The van der Waals surface area contributed by atoms with Crippen molar-refractivity contribution in [1.82, 2.24) is 19.9 Å². The van der Waals surface area contributed by atoms with Crippen LogP contribution in [0.25, 0.3) is 11.4 Å². The van der Waals surface area contributed by atoms with Gasteiger partial charge in [0.05, 0.1) is 12.2 Å². The molecule has 3 aromatic rings. The summed E-state index contributed by atoms with van der Waals surface area (Å²) in [5.74, 6) is 0.421. The number of anilines is 1. The third-order valence-corrected chi connectivity index (χ3v) is 4.92. The van der Waals surface area contributed by atoms with Gasteiger partial charge < -0.3 is 9.80 Å². The monoisotopic (exact) mass is 387 g/mol. The lowest BCUT2D eigenvalue weighted by atomic mass is 10.0. The lowest BCUT2D eigenvalue weighted by Gasteiger charge is -2.30. The van der Waals surface area contributed by atoms with E-state index in [9.17, 15) is 9.59 Å². The number of Topliss-reactive ketones (excluding diaryl/α,β-unsaturated/α-hetero) is 1. The van der Waals surface area contributed by atoms with Gasteiger partial charge in [-0.15, -0.1) is 0 Å². The average molecular weight is 387 g/mol. The SMILES string of the molecule is CN(C)c1nc(-c2ccncc2)nc2c1CCN(C(=O)C(=O)c1ccccc1)C2. The van der Waals surface area contributed by atoms with Gasteiger partial charge in [-0.25, -0.2) is 9.97 Å². The smallest absolute Gasteiger partial charge is 0.295 e. The topological polar surface area (TPSA) is 79.3 Å². The van der Waals surface area contributed by atoms with Crippen molar-refractivity contribution in [2.75, 3.05) is 25.5 Å². The number of amides is 1. The van der Waals surface area contributed by atoms with Gasteiger partial charge in [0.1, 0.15) is 5.82 Å². The lowest BCUT2D eigenvalue weighted by molar-refractivity contribution is -0.127. The van der Waals surface area contributed by atoms with Gasteiger partial charge in [0.25, 0.3) is 5.91 Å². The number of hydrogen-bond donors (Lipinski definition) is 0. The van der Waals surface area contributed by atoms with E-state index in [0.29, 0.717) is 24.4 Å². The normalized spacial score (nSPS) is 13.0. The molecule has 0 saturated heterocycles. The molecule has 3 heterocycles. The molecule has 0 saturated carbocycles. The second-order valence-electron chi connectivity index (χ2n) is 7.10. The van der Waals surface area contributed by atoms with Crippen LogP contribution in [0.15, 0.2) is 54.9 Å². The van der Waals surface area contributed by atoms with Crippen molar-refractivity contribution in [2.45, 2.75) is 13.0 Å². The van der Waals surface area contributed by atoms with Crippen molar-refractivity contribution < 1.29 is 9.59 Å². The largest absolute Gasteiger partial charge is 0.362 e. The predicted molar refractivity (Wildman–Crippen MR) is 109 cm³/mol. The minimum atomic E-state index is -0.502. The molecule has 7 nitrogen and oxygen atoms in total. The molecule has 0 aliphatic carbocycles. The molecule has 0 spiro atoms. The number of hydrogen-bond acceptors (Lipinski definition) is 6. The van der Waals surface area contributed by atoms with E-state index in [1.165, 1.54) is 0 Å². The molecule has 0 N–H and O–H groups in total. The van der Waals surface area contributed by atoms with E-state index in [4.69, 9.17) is 9.97 Å². The standard InChI is InChI=1S/C22H21N5O2/c1-26(2)21-17-10-13-27(22(29)19(28)15-6-4-3-5-7-15)14-18(17)24-20(25-21)16-8-11-23-12-9-16/h3-9,11-12H,10,13-14H2,1-2H3. The van der Waals surface area contributed by atoms with Crippen molar-refractivity contribution in [3.05, 3.63) is 71.7 Å². The molecule has 1 amide bonds. The number of pyridine rings is 1. The number of nitrogens with zero attached hydrogens (tertiary/aromatic N) is 5. The van der Waals surface area contributed by atoms with Gasteiger partial charge in [-0.05, 0) is 18.6 Å². The second kappa shape index (κ2) is 7.79. The number of carbonyl (C=O) groups is 2. The predicted octanol–water partition coefficient (Wildman–Crippen LogP) is 2.37. The third kappa shape index (κ3) is 3.71. The quantitative estimate of drug-likeness (QED) is 0.505. The van der Waals surface area contributed by atoms with E-state index in [0.717, 1.165) is 22.6 Å². The van der Waals surface area contributed by atoms with E-state index in [-0.39, 0.29) is 6.54 Å². The Morgan fingerprint density at radius 3 is 2.41 bits per heavy atom. The van der Waals surface area contributed by atoms with Crippen LogP contribution < -0.4 is 4.90 Å². The summed E-state index contributed by atoms with van der Waals surface area (Å²) < 4.78 is 0. The summed E-state index contributed by atoms with van der Waals surface area (Å²) >= 11 is 0. The Balaban J connectivity index is 1.67. The highest BCUT2D eigenvalue weighted by Crippen LogP contribution is 2.28. The molecule has 0 bridgehead atoms. The van der Waals surface area contributed by atoms with Gasteiger partial charge in [0, 0.05) is 49.7 Å².